The Morgan fingerprint density at radius 2 is 1.66 bits per heavy atom. The maximum Gasteiger partial charge on any atom is 0.265 e. The SMILES string of the molecule is CCC(C)(C)c1ccc2c(c1)N(Cc1ccc(C(=O)N(CCN(C)C)Cc3ccccc3)cc1)C(=O)CO2. The average molecular weight is 514 g/mol. The third kappa shape index (κ3) is 6.43. The second-order valence-corrected chi connectivity index (χ2v) is 10.9. The number of carbonyl (C=O) groups is 2. The summed E-state index contributed by atoms with van der Waals surface area (Å²) in [4.78, 5) is 32.1. The lowest BCUT2D eigenvalue weighted by molar-refractivity contribution is -0.121. The molecule has 0 N–H and O–H groups in total. The summed E-state index contributed by atoms with van der Waals surface area (Å²) in [5.74, 6) is 0.660. The molecule has 0 saturated carbocycles. The Bertz CT molecular complexity index is 1250. The van der Waals surface area contributed by atoms with Crippen molar-refractivity contribution in [1.82, 2.24) is 9.80 Å². The normalized spacial score (nSPS) is 13.3. The fourth-order valence-electron chi connectivity index (χ4n) is 4.50. The van der Waals surface area contributed by atoms with E-state index in [2.05, 4.69) is 37.8 Å². The Kier molecular flexibility index (Phi) is 8.52. The highest BCUT2D eigenvalue weighted by molar-refractivity contribution is 5.98. The van der Waals surface area contributed by atoms with E-state index in [1.54, 1.807) is 4.90 Å². The summed E-state index contributed by atoms with van der Waals surface area (Å²) >= 11 is 0. The van der Waals surface area contributed by atoms with Crippen LogP contribution in [-0.4, -0.2) is 55.4 Å². The molecule has 0 aliphatic carbocycles. The second-order valence-electron chi connectivity index (χ2n) is 10.9. The summed E-state index contributed by atoms with van der Waals surface area (Å²) in [5, 5.41) is 0. The Morgan fingerprint density at radius 1 is 0.947 bits per heavy atom. The molecule has 6 nitrogen and oxygen atoms in total. The summed E-state index contributed by atoms with van der Waals surface area (Å²) in [6, 6.07) is 23.8. The van der Waals surface area contributed by atoms with Crippen LogP contribution in [0.5, 0.6) is 5.75 Å². The van der Waals surface area contributed by atoms with E-state index in [9.17, 15) is 9.59 Å². The molecule has 0 radical (unpaired) electrons. The van der Waals surface area contributed by atoms with Crippen LogP contribution in [0.15, 0.2) is 72.8 Å². The lowest BCUT2D eigenvalue weighted by atomic mass is 9.82. The molecular formula is C32H39N3O3. The number of hydrogen-bond donors (Lipinski definition) is 0. The van der Waals surface area contributed by atoms with Crippen LogP contribution >= 0.6 is 0 Å². The maximum absolute atomic E-state index is 13.5. The highest BCUT2D eigenvalue weighted by atomic mass is 16.5. The highest BCUT2D eigenvalue weighted by Gasteiger charge is 2.28. The van der Waals surface area contributed by atoms with E-state index in [4.69, 9.17) is 4.74 Å². The number of likely N-dealkylation sites (N-methyl/N-ethyl adjacent to an activating group) is 1. The van der Waals surface area contributed by atoms with Crippen molar-refractivity contribution in [2.75, 3.05) is 38.7 Å². The molecule has 200 valence electrons. The van der Waals surface area contributed by atoms with Crippen LogP contribution in [0.2, 0.25) is 0 Å². The average Bonchev–Trinajstić information content (AvgIpc) is 2.92. The first-order valence-corrected chi connectivity index (χ1v) is 13.3. The van der Waals surface area contributed by atoms with Crippen molar-refractivity contribution >= 4 is 17.5 Å². The number of ether oxygens (including phenoxy) is 1. The second kappa shape index (κ2) is 11.8. The van der Waals surface area contributed by atoms with Crippen molar-refractivity contribution in [3.8, 4) is 5.75 Å². The number of amides is 2. The van der Waals surface area contributed by atoms with Gasteiger partial charge in [-0.1, -0.05) is 69.3 Å². The van der Waals surface area contributed by atoms with Crippen LogP contribution in [0, 0.1) is 0 Å². The zero-order chi connectivity index (χ0) is 27.3. The van der Waals surface area contributed by atoms with E-state index in [1.165, 1.54) is 5.56 Å². The van der Waals surface area contributed by atoms with Gasteiger partial charge in [0.05, 0.1) is 12.2 Å². The third-order valence-electron chi connectivity index (χ3n) is 7.43. The van der Waals surface area contributed by atoms with Crippen LogP contribution in [0.4, 0.5) is 5.69 Å². The van der Waals surface area contributed by atoms with Crippen molar-refractivity contribution in [3.05, 3.63) is 95.1 Å². The van der Waals surface area contributed by atoms with Crippen molar-refractivity contribution < 1.29 is 14.3 Å². The first-order valence-electron chi connectivity index (χ1n) is 13.3. The van der Waals surface area contributed by atoms with Gasteiger partial charge >= 0.3 is 0 Å². The predicted molar refractivity (Wildman–Crippen MR) is 153 cm³/mol. The van der Waals surface area contributed by atoms with Gasteiger partial charge in [0, 0.05) is 25.2 Å². The zero-order valence-electron chi connectivity index (χ0n) is 23.2. The van der Waals surface area contributed by atoms with Gasteiger partial charge in [0.15, 0.2) is 6.61 Å². The van der Waals surface area contributed by atoms with Gasteiger partial charge < -0.3 is 19.4 Å². The predicted octanol–water partition coefficient (Wildman–Crippen LogP) is 5.50. The van der Waals surface area contributed by atoms with Crippen LogP contribution in [0.3, 0.4) is 0 Å². The number of hydrogen-bond acceptors (Lipinski definition) is 4. The summed E-state index contributed by atoms with van der Waals surface area (Å²) < 4.78 is 5.73. The van der Waals surface area contributed by atoms with Crippen molar-refractivity contribution in [2.45, 2.75) is 45.7 Å². The van der Waals surface area contributed by atoms with Crippen LogP contribution in [0.1, 0.15) is 54.2 Å². The minimum absolute atomic E-state index is 0.00138. The zero-order valence-corrected chi connectivity index (χ0v) is 23.2. The highest BCUT2D eigenvalue weighted by Crippen LogP contribution is 2.38. The summed E-state index contributed by atoms with van der Waals surface area (Å²) in [6.07, 6.45) is 0.992. The lowest BCUT2D eigenvalue weighted by Crippen LogP contribution is -2.38. The number of benzene rings is 3. The number of rotatable bonds is 10. The van der Waals surface area contributed by atoms with E-state index in [0.717, 1.165) is 35.5 Å². The molecule has 0 bridgehead atoms. The largest absolute Gasteiger partial charge is 0.482 e. The fourth-order valence-corrected chi connectivity index (χ4v) is 4.50. The quantitative estimate of drug-likeness (QED) is 0.359. The van der Waals surface area contributed by atoms with E-state index >= 15 is 0 Å². The summed E-state index contributed by atoms with van der Waals surface area (Å²) in [6.45, 7) is 9.02. The van der Waals surface area contributed by atoms with Gasteiger partial charge in [-0.05, 0) is 66.9 Å². The molecule has 0 atom stereocenters. The third-order valence-corrected chi connectivity index (χ3v) is 7.43. The summed E-state index contributed by atoms with van der Waals surface area (Å²) in [7, 11) is 4.02. The van der Waals surface area contributed by atoms with Crippen molar-refractivity contribution in [2.24, 2.45) is 0 Å². The van der Waals surface area contributed by atoms with Gasteiger partial charge in [0.2, 0.25) is 0 Å². The van der Waals surface area contributed by atoms with Crippen molar-refractivity contribution in [3.63, 3.8) is 0 Å². The van der Waals surface area contributed by atoms with Crippen LogP contribution in [-0.2, 0) is 23.3 Å². The van der Waals surface area contributed by atoms with Gasteiger partial charge in [0.25, 0.3) is 11.8 Å². The van der Waals surface area contributed by atoms with Gasteiger partial charge in [-0.25, -0.2) is 0 Å². The van der Waals surface area contributed by atoms with E-state index < -0.39 is 0 Å². The van der Waals surface area contributed by atoms with Gasteiger partial charge in [0.1, 0.15) is 5.75 Å². The molecule has 6 heteroatoms. The number of carbonyl (C=O) groups excluding carboxylic acids is 2. The summed E-state index contributed by atoms with van der Waals surface area (Å²) in [5.41, 5.74) is 4.69. The molecule has 2 amide bonds. The molecule has 1 aliphatic heterocycles. The lowest BCUT2D eigenvalue weighted by Gasteiger charge is -2.32. The van der Waals surface area contributed by atoms with Crippen LogP contribution in [0.25, 0.3) is 0 Å². The monoisotopic (exact) mass is 513 g/mol. The van der Waals surface area contributed by atoms with Crippen LogP contribution < -0.4 is 9.64 Å². The molecule has 0 unspecified atom stereocenters. The van der Waals surface area contributed by atoms with Gasteiger partial charge in [-0.2, -0.15) is 0 Å². The molecule has 3 aromatic carbocycles. The standard InChI is InChI=1S/C32H39N3O3/c1-6-32(2,3)27-16-17-29-28(20-27)35(30(36)23-38-29)22-25-12-14-26(15-13-25)31(37)34(19-18-33(4)5)21-24-10-8-7-9-11-24/h7-17,20H,6,18-19,21-23H2,1-5H3. The molecule has 0 fully saturated rings. The fraction of sp³-hybridized carbons (Fsp3) is 0.375. The minimum Gasteiger partial charge on any atom is -0.482 e. The molecule has 38 heavy (non-hydrogen) atoms. The first kappa shape index (κ1) is 27.4. The molecule has 4 rings (SSSR count). The number of anilines is 1. The van der Waals surface area contributed by atoms with E-state index in [0.29, 0.717) is 25.2 Å². The number of nitrogens with zero attached hydrogens (tertiary/aromatic N) is 3. The van der Waals surface area contributed by atoms with E-state index in [1.807, 2.05) is 79.7 Å². The Hall–Kier alpha value is -3.64. The van der Waals surface area contributed by atoms with Gasteiger partial charge in [-0.15, -0.1) is 0 Å². The molecule has 0 saturated heterocycles. The van der Waals surface area contributed by atoms with Crippen molar-refractivity contribution in [1.29, 1.82) is 0 Å². The first-order chi connectivity index (χ1) is 18.2. The molecular weight excluding hydrogens is 474 g/mol. The smallest absolute Gasteiger partial charge is 0.265 e. The Balaban J connectivity index is 1.53. The minimum atomic E-state index is -0.0678. The molecule has 3 aromatic rings. The molecule has 0 spiro atoms. The van der Waals surface area contributed by atoms with E-state index in [-0.39, 0.29) is 23.8 Å². The molecule has 0 aromatic heterocycles. The number of fused-ring (bicyclic) bond motifs is 1. The Morgan fingerprint density at radius 3 is 2.32 bits per heavy atom. The molecule has 1 aliphatic rings. The Labute approximate surface area is 226 Å². The topological polar surface area (TPSA) is 53.1 Å². The van der Waals surface area contributed by atoms with Gasteiger partial charge in [-0.3, -0.25) is 9.59 Å². The molecule has 1 heterocycles. The maximum atomic E-state index is 13.5.